The topological polar surface area (TPSA) is 23.6 Å². The van der Waals surface area contributed by atoms with Crippen molar-refractivity contribution >= 4 is 5.91 Å². The van der Waals surface area contributed by atoms with Crippen molar-refractivity contribution in [3.8, 4) is 0 Å². The first-order valence-electron chi connectivity index (χ1n) is 4.96. The zero-order valence-corrected chi connectivity index (χ0v) is 9.13. The van der Waals surface area contributed by atoms with E-state index in [0.29, 0.717) is 6.42 Å². The number of rotatable bonds is 1. The number of hydrogen-bond acceptors (Lipinski definition) is 2. The Balaban J connectivity index is 2.69. The van der Waals surface area contributed by atoms with Gasteiger partial charge in [-0.25, -0.2) is 0 Å². The molecular formula is C10H20N2O. The zero-order valence-electron chi connectivity index (χ0n) is 9.13. The molecule has 0 aromatic rings. The summed E-state index contributed by atoms with van der Waals surface area (Å²) < 4.78 is 0. The highest BCUT2D eigenvalue weighted by molar-refractivity contribution is 5.76. The average molecular weight is 184 g/mol. The molecule has 0 atom stereocenters. The SMILES string of the molecule is CCC(=O)N1CCN(C)CC1(C)C. The predicted molar refractivity (Wildman–Crippen MR) is 53.6 cm³/mol. The summed E-state index contributed by atoms with van der Waals surface area (Å²) in [6, 6.07) is 0. The van der Waals surface area contributed by atoms with Crippen LogP contribution in [0.3, 0.4) is 0 Å². The lowest BCUT2D eigenvalue weighted by molar-refractivity contribution is -0.139. The molecule has 76 valence electrons. The van der Waals surface area contributed by atoms with Crippen molar-refractivity contribution in [1.29, 1.82) is 0 Å². The Kier molecular flexibility index (Phi) is 2.96. The maximum Gasteiger partial charge on any atom is 0.222 e. The molecule has 0 unspecified atom stereocenters. The molecule has 1 rings (SSSR count). The van der Waals surface area contributed by atoms with E-state index in [0.717, 1.165) is 19.6 Å². The molecule has 1 fully saturated rings. The van der Waals surface area contributed by atoms with Gasteiger partial charge in [-0.2, -0.15) is 0 Å². The molecule has 3 heteroatoms. The third-order valence-corrected chi connectivity index (χ3v) is 2.70. The van der Waals surface area contributed by atoms with Crippen LogP contribution in [0.2, 0.25) is 0 Å². The summed E-state index contributed by atoms with van der Waals surface area (Å²) in [6.45, 7) is 9.03. The smallest absolute Gasteiger partial charge is 0.222 e. The number of nitrogens with zero attached hydrogens (tertiary/aromatic N) is 2. The van der Waals surface area contributed by atoms with Gasteiger partial charge in [0.25, 0.3) is 0 Å². The van der Waals surface area contributed by atoms with Crippen LogP contribution in [0.4, 0.5) is 0 Å². The van der Waals surface area contributed by atoms with Gasteiger partial charge in [-0.3, -0.25) is 4.79 Å². The van der Waals surface area contributed by atoms with Gasteiger partial charge in [-0.05, 0) is 20.9 Å². The van der Waals surface area contributed by atoms with Crippen molar-refractivity contribution in [2.75, 3.05) is 26.7 Å². The van der Waals surface area contributed by atoms with E-state index < -0.39 is 0 Å². The van der Waals surface area contributed by atoms with E-state index >= 15 is 0 Å². The molecular weight excluding hydrogens is 164 g/mol. The Morgan fingerprint density at radius 1 is 1.38 bits per heavy atom. The largest absolute Gasteiger partial charge is 0.335 e. The van der Waals surface area contributed by atoms with Crippen LogP contribution in [0.5, 0.6) is 0 Å². The monoisotopic (exact) mass is 184 g/mol. The Morgan fingerprint density at radius 3 is 2.46 bits per heavy atom. The quantitative estimate of drug-likeness (QED) is 0.606. The van der Waals surface area contributed by atoms with Gasteiger partial charge in [0.05, 0.1) is 0 Å². The molecule has 1 heterocycles. The molecule has 0 saturated carbocycles. The summed E-state index contributed by atoms with van der Waals surface area (Å²) in [6.07, 6.45) is 0.618. The molecule has 0 spiro atoms. The molecule has 0 aromatic carbocycles. The number of amides is 1. The second-order valence-corrected chi connectivity index (χ2v) is 4.45. The second kappa shape index (κ2) is 3.66. The first-order valence-corrected chi connectivity index (χ1v) is 4.96. The van der Waals surface area contributed by atoms with E-state index in [1.54, 1.807) is 0 Å². The van der Waals surface area contributed by atoms with Gasteiger partial charge in [-0.15, -0.1) is 0 Å². The minimum atomic E-state index is 0.0000926. The van der Waals surface area contributed by atoms with Crippen LogP contribution in [0.1, 0.15) is 27.2 Å². The van der Waals surface area contributed by atoms with Crippen LogP contribution >= 0.6 is 0 Å². The van der Waals surface area contributed by atoms with Crippen LogP contribution in [-0.2, 0) is 4.79 Å². The van der Waals surface area contributed by atoms with Gasteiger partial charge in [-0.1, -0.05) is 6.92 Å². The molecule has 0 aliphatic carbocycles. The summed E-state index contributed by atoms with van der Waals surface area (Å²) in [5.41, 5.74) is 0.0000926. The highest BCUT2D eigenvalue weighted by Gasteiger charge is 2.34. The van der Waals surface area contributed by atoms with Crippen LogP contribution in [0.15, 0.2) is 0 Å². The third-order valence-electron chi connectivity index (χ3n) is 2.70. The number of hydrogen-bond donors (Lipinski definition) is 0. The summed E-state index contributed by atoms with van der Waals surface area (Å²) in [5, 5.41) is 0. The summed E-state index contributed by atoms with van der Waals surface area (Å²) >= 11 is 0. The van der Waals surface area contributed by atoms with E-state index in [4.69, 9.17) is 0 Å². The van der Waals surface area contributed by atoms with Gasteiger partial charge in [0.15, 0.2) is 0 Å². The maximum atomic E-state index is 11.6. The van der Waals surface area contributed by atoms with Crippen molar-refractivity contribution < 1.29 is 4.79 Å². The first kappa shape index (κ1) is 10.5. The van der Waals surface area contributed by atoms with Gasteiger partial charge < -0.3 is 9.80 Å². The van der Waals surface area contributed by atoms with Crippen LogP contribution in [0, 0.1) is 0 Å². The average Bonchev–Trinajstić information content (AvgIpc) is 2.01. The number of likely N-dealkylation sites (N-methyl/N-ethyl adjacent to an activating group) is 1. The molecule has 1 aliphatic rings. The molecule has 13 heavy (non-hydrogen) atoms. The fraction of sp³-hybridized carbons (Fsp3) is 0.900. The normalized spacial score (nSPS) is 23.2. The minimum Gasteiger partial charge on any atom is -0.335 e. The van der Waals surface area contributed by atoms with E-state index in [-0.39, 0.29) is 11.4 Å². The maximum absolute atomic E-state index is 11.6. The Morgan fingerprint density at radius 2 is 2.00 bits per heavy atom. The fourth-order valence-electron chi connectivity index (χ4n) is 2.05. The first-order chi connectivity index (χ1) is 5.97. The summed E-state index contributed by atoms with van der Waals surface area (Å²) in [7, 11) is 2.11. The van der Waals surface area contributed by atoms with Crippen molar-refractivity contribution in [2.45, 2.75) is 32.7 Å². The minimum absolute atomic E-state index is 0.0000926. The number of carbonyl (C=O) groups excluding carboxylic acids is 1. The van der Waals surface area contributed by atoms with Gasteiger partial charge in [0.2, 0.25) is 5.91 Å². The lowest BCUT2D eigenvalue weighted by Gasteiger charge is -2.46. The van der Waals surface area contributed by atoms with Crippen molar-refractivity contribution in [2.24, 2.45) is 0 Å². The van der Waals surface area contributed by atoms with Gasteiger partial charge in [0.1, 0.15) is 0 Å². The molecule has 1 aliphatic heterocycles. The van der Waals surface area contributed by atoms with E-state index in [9.17, 15) is 4.79 Å². The standard InChI is InChI=1S/C10H20N2O/c1-5-9(13)12-7-6-11(4)8-10(12,2)3/h5-8H2,1-4H3. The molecule has 0 N–H and O–H groups in total. The van der Waals surface area contributed by atoms with Crippen LogP contribution in [0.25, 0.3) is 0 Å². The van der Waals surface area contributed by atoms with Crippen molar-refractivity contribution in [3.63, 3.8) is 0 Å². The lowest BCUT2D eigenvalue weighted by Crippen LogP contribution is -2.60. The van der Waals surface area contributed by atoms with Crippen molar-refractivity contribution in [1.82, 2.24) is 9.80 Å². The molecule has 1 saturated heterocycles. The van der Waals surface area contributed by atoms with Gasteiger partial charge in [0, 0.05) is 31.6 Å². The van der Waals surface area contributed by atoms with Crippen LogP contribution in [-0.4, -0.2) is 47.9 Å². The molecule has 3 nitrogen and oxygen atoms in total. The lowest BCUT2D eigenvalue weighted by atomic mass is 9.99. The Hall–Kier alpha value is -0.570. The molecule has 0 bridgehead atoms. The second-order valence-electron chi connectivity index (χ2n) is 4.45. The summed E-state index contributed by atoms with van der Waals surface area (Å²) in [5.74, 6) is 0.276. The van der Waals surface area contributed by atoms with E-state index in [2.05, 4.69) is 25.8 Å². The van der Waals surface area contributed by atoms with E-state index in [1.807, 2.05) is 11.8 Å². The van der Waals surface area contributed by atoms with Crippen LogP contribution < -0.4 is 0 Å². The van der Waals surface area contributed by atoms with Gasteiger partial charge >= 0.3 is 0 Å². The highest BCUT2D eigenvalue weighted by Crippen LogP contribution is 2.20. The number of piperazine rings is 1. The Bertz CT molecular complexity index is 201. The predicted octanol–water partition coefficient (Wildman–Crippen LogP) is 0.949. The number of carbonyl (C=O) groups is 1. The van der Waals surface area contributed by atoms with E-state index in [1.165, 1.54) is 0 Å². The Labute approximate surface area is 80.7 Å². The summed E-state index contributed by atoms with van der Waals surface area (Å²) in [4.78, 5) is 15.9. The molecule has 0 aromatic heterocycles. The molecule has 1 amide bonds. The highest BCUT2D eigenvalue weighted by atomic mass is 16.2. The zero-order chi connectivity index (χ0) is 10.1. The third kappa shape index (κ3) is 2.21. The molecule has 0 radical (unpaired) electrons. The fourth-order valence-corrected chi connectivity index (χ4v) is 2.05. The van der Waals surface area contributed by atoms with Crippen molar-refractivity contribution in [3.05, 3.63) is 0 Å².